The lowest BCUT2D eigenvalue weighted by molar-refractivity contribution is 0.623. The summed E-state index contributed by atoms with van der Waals surface area (Å²) >= 11 is 0. The van der Waals surface area contributed by atoms with Crippen LogP contribution in [-0.4, -0.2) is 4.98 Å². The highest BCUT2D eigenvalue weighted by molar-refractivity contribution is 6.18. The second-order valence-corrected chi connectivity index (χ2v) is 13.2. The fourth-order valence-corrected chi connectivity index (χ4v) is 7.43. The van der Waals surface area contributed by atoms with E-state index in [2.05, 4.69) is 199 Å². The highest BCUT2D eigenvalue weighted by Gasteiger charge is 2.18. The summed E-state index contributed by atoms with van der Waals surface area (Å²) in [7, 11) is 0. The zero-order chi connectivity index (χ0) is 34.4. The number of rotatable bonds is 6. The van der Waals surface area contributed by atoms with Crippen LogP contribution in [0.15, 0.2) is 199 Å². The quantitative estimate of drug-likeness (QED) is 0.166. The van der Waals surface area contributed by atoms with Crippen LogP contribution in [0.4, 0.5) is 17.1 Å². The summed E-state index contributed by atoms with van der Waals surface area (Å²) in [4.78, 5) is 7.34. The van der Waals surface area contributed by atoms with E-state index in [1.54, 1.807) is 0 Å². The summed E-state index contributed by atoms with van der Waals surface area (Å²) in [5.74, 6) is 0.624. The molecule has 1 aromatic heterocycles. The van der Waals surface area contributed by atoms with E-state index in [-0.39, 0.29) is 0 Å². The van der Waals surface area contributed by atoms with Gasteiger partial charge in [-0.2, -0.15) is 0 Å². The predicted molar refractivity (Wildman–Crippen MR) is 218 cm³/mol. The topological polar surface area (TPSA) is 29.3 Å². The van der Waals surface area contributed by atoms with E-state index in [1.165, 1.54) is 27.6 Å². The normalized spacial score (nSPS) is 11.5. The number of fused-ring (bicyclic) bond motifs is 6. The van der Waals surface area contributed by atoms with Gasteiger partial charge in [0, 0.05) is 28.0 Å². The van der Waals surface area contributed by atoms with Crippen LogP contribution < -0.4 is 4.90 Å². The Bertz CT molecular complexity index is 2890. The molecule has 0 aliphatic heterocycles. The Kier molecular flexibility index (Phi) is 7.14. The number of benzene rings is 9. The zero-order valence-electron chi connectivity index (χ0n) is 28.3. The van der Waals surface area contributed by atoms with Crippen molar-refractivity contribution in [2.24, 2.45) is 0 Å². The summed E-state index contributed by atoms with van der Waals surface area (Å²) in [5, 5.41) is 6.80. The van der Waals surface area contributed by atoms with Crippen molar-refractivity contribution < 1.29 is 4.42 Å². The predicted octanol–water partition coefficient (Wildman–Crippen LogP) is 13.8. The average Bonchev–Trinajstić information content (AvgIpc) is 3.67. The third-order valence-corrected chi connectivity index (χ3v) is 10.0. The van der Waals surface area contributed by atoms with Crippen molar-refractivity contribution in [3.8, 4) is 33.7 Å². The van der Waals surface area contributed by atoms with Gasteiger partial charge in [0.25, 0.3) is 0 Å². The molecule has 0 spiro atoms. The van der Waals surface area contributed by atoms with Crippen LogP contribution in [0, 0.1) is 0 Å². The van der Waals surface area contributed by atoms with E-state index in [0.29, 0.717) is 5.89 Å². The molecule has 0 aliphatic rings. The molecule has 0 amide bonds. The first-order valence-corrected chi connectivity index (χ1v) is 17.6. The van der Waals surface area contributed by atoms with Crippen LogP contribution in [-0.2, 0) is 0 Å². The molecule has 9 aromatic carbocycles. The Hall–Kier alpha value is -6.97. The summed E-state index contributed by atoms with van der Waals surface area (Å²) < 4.78 is 6.69. The van der Waals surface area contributed by atoms with E-state index in [9.17, 15) is 0 Å². The van der Waals surface area contributed by atoms with Crippen molar-refractivity contribution in [3.63, 3.8) is 0 Å². The molecule has 244 valence electrons. The maximum Gasteiger partial charge on any atom is 0.227 e. The number of anilines is 3. The highest BCUT2D eigenvalue weighted by Crippen LogP contribution is 2.41. The molecule has 0 unspecified atom stereocenters. The first-order chi connectivity index (χ1) is 25.7. The van der Waals surface area contributed by atoms with Crippen LogP contribution in [0.1, 0.15) is 0 Å². The Labute approximate surface area is 301 Å². The fourth-order valence-electron chi connectivity index (χ4n) is 7.43. The number of nitrogens with zero attached hydrogens (tertiary/aromatic N) is 2. The molecule has 1 heterocycles. The van der Waals surface area contributed by atoms with E-state index in [4.69, 9.17) is 9.40 Å². The molecule has 0 saturated carbocycles. The Balaban J connectivity index is 1.15. The maximum atomic E-state index is 6.69. The third kappa shape index (κ3) is 5.28. The molecule has 52 heavy (non-hydrogen) atoms. The first-order valence-electron chi connectivity index (χ1n) is 17.6. The smallest absolute Gasteiger partial charge is 0.227 e. The van der Waals surface area contributed by atoms with Gasteiger partial charge in [0.15, 0.2) is 5.58 Å². The summed E-state index contributed by atoms with van der Waals surface area (Å²) in [6.45, 7) is 0. The minimum Gasteiger partial charge on any atom is -0.435 e. The van der Waals surface area contributed by atoms with Crippen molar-refractivity contribution in [3.05, 3.63) is 194 Å². The molecule has 0 saturated heterocycles. The largest absolute Gasteiger partial charge is 0.435 e. The van der Waals surface area contributed by atoms with Gasteiger partial charge in [-0.15, -0.1) is 0 Å². The molecule has 3 heteroatoms. The van der Waals surface area contributed by atoms with Gasteiger partial charge in [-0.3, -0.25) is 0 Å². The minimum atomic E-state index is 0.624. The number of aromatic nitrogens is 1. The van der Waals surface area contributed by atoms with Crippen molar-refractivity contribution in [1.29, 1.82) is 0 Å². The third-order valence-electron chi connectivity index (χ3n) is 10.0. The van der Waals surface area contributed by atoms with Crippen LogP contribution in [0.2, 0.25) is 0 Å². The first kappa shape index (κ1) is 29.9. The molecular weight excluding hydrogens is 633 g/mol. The van der Waals surface area contributed by atoms with Gasteiger partial charge in [0.1, 0.15) is 5.52 Å². The fraction of sp³-hybridized carbons (Fsp3) is 0. The SMILES string of the molecule is c1ccc(-c2ccc(N(c3cccc(-c4ccccc4)c3)c3ccc4ccc5ccc6nc(-c7ccc8ccccc8c7)oc6c5c4c3)cc2)cc1. The summed E-state index contributed by atoms with van der Waals surface area (Å²) in [5.41, 5.74) is 10.6. The molecule has 10 aromatic rings. The maximum absolute atomic E-state index is 6.69. The molecule has 3 nitrogen and oxygen atoms in total. The van der Waals surface area contributed by atoms with Gasteiger partial charge in [0.05, 0.1) is 0 Å². The number of oxazole rings is 1. The summed E-state index contributed by atoms with van der Waals surface area (Å²) in [6, 6.07) is 68.8. The van der Waals surface area contributed by atoms with Crippen LogP contribution in [0.3, 0.4) is 0 Å². The van der Waals surface area contributed by atoms with Gasteiger partial charge in [0.2, 0.25) is 5.89 Å². The molecule has 0 atom stereocenters. The zero-order valence-corrected chi connectivity index (χ0v) is 28.3. The number of hydrogen-bond donors (Lipinski definition) is 0. The second-order valence-electron chi connectivity index (χ2n) is 13.2. The lowest BCUT2D eigenvalue weighted by Crippen LogP contribution is -2.10. The van der Waals surface area contributed by atoms with E-state index in [1.807, 2.05) is 0 Å². The lowest BCUT2D eigenvalue weighted by atomic mass is 9.99. The molecular formula is C49H32N2O. The average molecular weight is 665 g/mol. The van der Waals surface area contributed by atoms with Gasteiger partial charge in [-0.1, -0.05) is 140 Å². The van der Waals surface area contributed by atoms with Gasteiger partial charge < -0.3 is 9.32 Å². The summed E-state index contributed by atoms with van der Waals surface area (Å²) in [6.07, 6.45) is 0. The van der Waals surface area contributed by atoms with Crippen LogP contribution in [0.5, 0.6) is 0 Å². The monoisotopic (exact) mass is 664 g/mol. The Morgan fingerprint density at radius 2 is 0.942 bits per heavy atom. The molecule has 0 N–H and O–H groups in total. The van der Waals surface area contributed by atoms with Gasteiger partial charge in [-0.25, -0.2) is 4.98 Å². The van der Waals surface area contributed by atoms with E-state index < -0.39 is 0 Å². The standard InChI is InChI=1S/C49H32N2O/c1-3-10-33(11-4-1)36-22-26-42(27-23-36)51(43-17-9-16-40(31-43)34-12-5-2-6-13-34)44-28-24-37-19-20-38-25-29-46-48(47(38)45(37)32-44)52-49(50-46)41-21-18-35-14-7-8-15-39(35)30-41/h1-32H. The Morgan fingerprint density at radius 1 is 0.365 bits per heavy atom. The molecule has 0 fully saturated rings. The van der Waals surface area contributed by atoms with Crippen molar-refractivity contribution in [2.45, 2.75) is 0 Å². The van der Waals surface area contributed by atoms with Crippen LogP contribution in [0.25, 0.3) is 77.1 Å². The van der Waals surface area contributed by atoms with Crippen molar-refractivity contribution in [2.75, 3.05) is 4.90 Å². The molecule has 0 radical (unpaired) electrons. The minimum absolute atomic E-state index is 0.624. The van der Waals surface area contributed by atoms with E-state index in [0.717, 1.165) is 60.7 Å². The second kappa shape index (κ2) is 12.4. The Morgan fingerprint density at radius 3 is 1.75 bits per heavy atom. The van der Waals surface area contributed by atoms with Gasteiger partial charge >= 0.3 is 0 Å². The molecule has 0 aliphatic carbocycles. The van der Waals surface area contributed by atoms with Gasteiger partial charge in [-0.05, 0) is 104 Å². The molecule has 0 bridgehead atoms. The van der Waals surface area contributed by atoms with Crippen molar-refractivity contribution in [1.82, 2.24) is 4.98 Å². The number of hydrogen-bond acceptors (Lipinski definition) is 3. The van der Waals surface area contributed by atoms with E-state index >= 15 is 0 Å². The van der Waals surface area contributed by atoms with Crippen LogP contribution >= 0.6 is 0 Å². The highest BCUT2D eigenvalue weighted by atomic mass is 16.3. The van der Waals surface area contributed by atoms with Crippen molar-refractivity contribution >= 4 is 60.5 Å². The molecule has 10 rings (SSSR count). The lowest BCUT2D eigenvalue weighted by Gasteiger charge is -2.27.